The molecular formula is C31H30FN4O4+. The van der Waals surface area contributed by atoms with Gasteiger partial charge in [-0.3, -0.25) is 9.59 Å². The predicted octanol–water partition coefficient (Wildman–Crippen LogP) is 5.20. The van der Waals surface area contributed by atoms with Gasteiger partial charge in [0.2, 0.25) is 11.5 Å². The Morgan fingerprint density at radius 1 is 1.10 bits per heavy atom. The van der Waals surface area contributed by atoms with Crippen molar-refractivity contribution in [2.45, 2.75) is 39.5 Å². The number of hydrogen-bond acceptors (Lipinski definition) is 7. The van der Waals surface area contributed by atoms with Crippen LogP contribution in [-0.2, 0) is 14.3 Å². The van der Waals surface area contributed by atoms with Crippen LogP contribution in [0, 0.1) is 28.5 Å². The van der Waals surface area contributed by atoms with Gasteiger partial charge in [0.1, 0.15) is 30.5 Å². The molecule has 204 valence electrons. The van der Waals surface area contributed by atoms with E-state index in [0.717, 1.165) is 30.6 Å². The smallest absolute Gasteiger partial charge is 0.305 e. The molecule has 2 aliphatic rings. The molecule has 0 amide bonds. The van der Waals surface area contributed by atoms with Crippen molar-refractivity contribution < 1.29 is 28.4 Å². The highest BCUT2D eigenvalue weighted by molar-refractivity contribution is 6.44. The van der Waals surface area contributed by atoms with Crippen molar-refractivity contribution >= 4 is 40.5 Å². The zero-order chi connectivity index (χ0) is 28.8. The van der Waals surface area contributed by atoms with Crippen LogP contribution in [0.3, 0.4) is 0 Å². The summed E-state index contributed by atoms with van der Waals surface area (Å²) in [5.74, 6) is -2.15. The average Bonchev–Trinajstić information content (AvgIpc) is 3.32. The molecule has 1 aliphatic heterocycles. The standard InChI is InChI=1S/C31H29FN4O4/c1-3-5-14-36-19-23(20-9-6-7-10-24(20)36)28-30(38)27(31(28)39)21-11-12-25(22(18-34)29(21)32)35(15-8-13-33)16-17-40-26(37)4-2/h6-7,9-12,19H,3-5,8,14-17H2,1-2H3/p+1. The molecule has 0 aromatic heterocycles. The van der Waals surface area contributed by atoms with Crippen molar-refractivity contribution in [3.8, 4) is 12.1 Å². The third-order valence-electron chi connectivity index (χ3n) is 6.99. The quantitative estimate of drug-likeness (QED) is 0.236. The van der Waals surface area contributed by atoms with Crippen LogP contribution < -0.4 is 4.90 Å². The van der Waals surface area contributed by atoms with Gasteiger partial charge < -0.3 is 14.7 Å². The van der Waals surface area contributed by atoms with Crippen LogP contribution >= 0.6 is 0 Å². The summed E-state index contributed by atoms with van der Waals surface area (Å²) in [5, 5.41) is 29.9. The van der Waals surface area contributed by atoms with Gasteiger partial charge in [-0.1, -0.05) is 32.4 Å². The number of anilines is 1. The maximum Gasteiger partial charge on any atom is 0.305 e. The van der Waals surface area contributed by atoms with Crippen LogP contribution in [0.2, 0.25) is 0 Å². The summed E-state index contributed by atoms with van der Waals surface area (Å²) < 4.78 is 22.9. The number of Topliss-reactive ketones (excluding diaryl/α,β-unsaturated/α-hetero) is 1. The van der Waals surface area contributed by atoms with Gasteiger partial charge in [0.25, 0.3) is 0 Å². The number of nitrogens with zero attached hydrogens (tertiary/aromatic N) is 4. The Hall–Kier alpha value is -4.76. The summed E-state index contributed by atoms with van der Waals surface area (Å²) in [4.78, 5) is 26.5. The minimum absolute atomic E-state index is 0.000940. The van der Waals surface area contributed by atoms with E-state index < -0.39 is 17.6 Å². The molecule has 2 aromatic carbocycles. The molecule has 4 rings (SSSR count). The molecule has 0 saturated carbocycles. The number of carbonyl (C=O) groups is 2. The SMILES string of the molecule is CCCC[N+]1=CC(=C2C(=O)C(c3ccc(N(CCC#N)CCOC(=O)CC)c(C#N)c3F)=C2O)c2ccccc21. The summed E-state index contributed by atoms with van der Waals surface area (Å²) in [6.07, 6.45) is 4.11. The minimum Gasteiger partial charge on any atom is -0.506 e. The maximum atomic E-state index is 15.8. The summed E-state index contributed by atoms with van der Waals surface area (Å²) in [5.41, 5.74) is 2.00. The zero-order valence-electron chi connectivity index (χ0n) is 22.5. The number of benzene rings is 2. The lowest BCUT2D eigenvalue weighted by Gasteiger charge is -2.27. The molecule has 0 bridgehead atoms. The molecule has 8 nitrogen and oxygen atoms in total. The van der Waals surface area contributed by atoms with Gasteiger partial charge >= 0.3 is 5.97 Å². The molecular weight excluding hydrogens is 511 g/mol. The fourth-order valence-electron chi connectivity index (χ4n) is 4.90. The number of unbranched alkanes of at least 4 members (excludes halogenated alkanes) is 1. The summed E-state index contributed by atoms with van der Waals surface area (Å²) in [6, 6.07) is 14.3. The molecule has 0 radical (unpaired) electrons. The van der Waals surface area contributed by atoms with Gasteiger partial charge in [-0.15, -0.1) is 0 Å². The normalized spacial score (nSPS) is 15.6. The van der Waals surface area contributed by atoms with Gasteiger partial charge in [0.15, 0.2) is 12.0 Å². The van der Waals surface area contributed by atoms with E-state index in [1.807, 2.05) is 42.6 Å². The molecule has 9 heteroatoms. The van der Waals surface area contributed by atoms with Crippen LogP contribution in [0.4, 0.5) is 15.8 Å². The molecule has 0 saturated heterocycles. The molecule has 1 N–H and O–H groups in total. The highest BCUT2D eigenvalue weighted by Crippen LogP contribution is 2.44. The Kier molecular flexibility index (Phi) is 8.76. The summed E-state index contributed by atoms with van der Waals surface area (Å²) >= 11 is 0. The topological polar surface area (TPSA) is 117 Å². The van der Waals surface area contributed by atoms with Gasteiger partial charge in [-0.05, 0) is 18.2 Å². The Bertz CT molecular complexity index is 1540. The van der Waals surface area contributed by atoms with E-state index >= 15 is 4.39 Å². The van der Waals surface area contributed by atoms with Crippen molar-refractivity contribution in [2.75, 3.05) is 31.1 Å². The molecule has 1 aliphatic carbocycles. The second kappa shape index (κ2) is 12.4. The number of hydrogen-bond donors (Lipinski definition) is 1. The van der Waals surface area contributed by atoms with Gasteiger partial charge in [-0.2, -0.15) is 15.1 Å². The van der Waals surface area contributed by atoms with Crippen molar-refractivity contribution in [2.24, 2.45) is 0 Å². The number of rotatable bonds is 11. The van der Waals surface area contributed by atoms with Gasteiger partial charge in [0, 0.05) is 31.0 Å². The Morgan fingerprint density at radius 2 is 1.88 bits per heavy atom. The average molecular weight is 542 g/mol. The van der Waals surface area contributed by atoms with E-state index in [9.17, 15) is 20.0 Å². The lowest BCUT2D eigenvalue weighted by molar-refractivity contribution is -0.432. The first-order chi connectivity index (χ1) is 19.4. The number of aliphatic hydroxyl groups excluding tert-OH is 1. The molecule has 0 fully saturated rings. The molecule has 0 unspecified atom stereocenters. The van der Waals surface area contributed by atoms with E-state index in [2.05, 4.69) is 11.5 Å². The fourth-order valence-corrected chi connectivity index (χ4v) is 4.90. The zero-order valence-corrected chi connectivity index (χ0v) is 22.5. The third-order valence-corrected chi connectivity index (χ3v) is 6.99. The van der Waals surface area contributed by atoms with E-state index in [0.29, 0.717) is 5.57 Å². The Labute approximate surface area is 232 Å². The number of para-hydroxylation sites is 1. The number of fused-ring (bicyclic) bond motifs is 1. The van der Waals surface area contributed by atoms with Crippen LogP contribution in [-0.4, -0.2) is 53.9 Å². The molecule has 1 heterocycles. The van der Waals surface area contributed by atoms with Crippen molar-refractivity contribution in [3.63, 3.8) is 0 Å². The van der Waals surface area contributed by atoms with Crippen LogP contribution in [0.5, 0.6) is 0 Å². The second-order valence-electron chi connectivity index (χ2n) is 9.44. The first-order valence-electron chi connectivity index (χ1n) is 13.3. The lowest BCUT2D eigenvalue weighted by atomic mass is 9.79. The Morgan fingerprint density at radius 3 is 2.55 bits per heavy atom. The summed E-state index contributed by atoms with van der Waals surface area (Å²) in [6.45, 7) is 4.85. The third kappa shape index (κ3) is 5.23. The molecule has 40 heavy (non-hydrogen) atoms. The molecule has 0 atom stereocenters. The predicted molar refractivity (Wildman–Crippen MR) is 148 cm³/mol. The number of halogens is 1. The summed E-state index contributed by atoms with van der Waals surface area (Å²) in [7, 11) is 0. The van der Waals surface area contributed by atoms with Crippen molar-refractivity contribution in [3.05, 3.63) is 70.2 Å². The first kappa shape index (κ1) is 28.3. The van der Waals surface area contributed by atoms with E-state index in [-0.39, 0.29) is 66.3 Å². The molecule has 0 spiro atoms. The Balaban J connectivity index is 1.72. The van der Waals surface area contributed by atoms with Gasteiger partial charge in [0.05, 0.1) is 47.0 Å². The largest absolute Gasteiger partial charge is 0.506 e. The molecule has 2 aromatic rings. The first-order valence-corrected chi connectivity index (χ1v) is 13.3. The van der Waals surface area contributed by atoms with Crippen LogP contribution in [0.25, 0.3) is 11.1 Å². The number of ether oxygens (including phenoxy) is 1. The van der Waals surface area contributed by atoms with Crippen LogP contribution in [0.1, 0.15) is 56.2 Å². The van der Waals surface area contributed by atoms with Crippen LogP contribution in [0.15, 0.2) is 47.7 Å². The number of nitriles is 2. The number of carbonyl (C=O) groups excluding carboxylic acids is 2. The van der Waals surface area contributed by atoms with Crippen molar-refractivity contribution in [1.29, 1.82) is 10.5 Å². The number of esters is 1. The highest BCUT2D eigenvalue weighted by atomic mass is 19.1. The highest BCUT2D eigenvalue weighted by Gasteiger charge is 2.42. The number of aliphatic hydroxyl groups is 1. The minimum atomic E-state index is -0.938. The van der Waals surface area contributed by atoms with E-state index in [1.54, 1.807) is 11.8 Å². The maximum absolute atomic E-state index is 15.8. The lowest BCUT2D eigenvalue weighted by Crippen LogP contribution is -2.30. The fraction of sp³-hybridized carbons (Fsp3) is 0.323. The van der Waals surface area contributed by atoms with Crippen molar-refractivity contribution in [1.82, 2.24) is 0 Å². The second-order valence-corrected chi connectivity index (χ2v) is 9.44. The number of ketones is 1. The van der Waals surface area contributed by atoms with Gasteiger partial charge in [-0.25, -0.2) is 4.39 Å². The van der Waals surface area contributed by atoms with E-state index in [4.69, 9.17) is 10.00 Å². The van der Waals surface area contributed by atoms with E-state index in [1.165, 1.54) is 12.1 Å². The monoisotopic (exact) mass is 541 g/mol. The number of allylic oxidation sites excluding steroid dienone is 3.